The lowest BCUT2D eigenvalue weighted by atomic mass is 9.57. The highest BCUT2D eigenvalue weighted by molar-refractivity contribution is 6.05. The second kappa shape index (κ2) is 11.2. The van der Waals surface area contributed by atoms with Crippen molar-refractivity contribution < 1.29 is 33.7 Å². The summed E-state index contributed by atoms with van der Waals surface area (Å²) in [4.78, 5) is 67.5. The minimum atomic E-state index is -0.960. The number of ether oxygens (including phenoxy) is 1. The van der Waals surface area contributed by atoms with Crippen LogP contribution in [0.5, 0.6) is 0 Å². The molecule has 7 atom stereocenters. The molecule has 1 N–H and O–H groups in total. The zero-order chi connectivity index (χ0) is 28.7. The number of nitrogens with one attached hydrogen (secondary N) is 1. The molecule has 40 heavy (non-hydrogen) atoms. The SMILES string of the molecule is CCCN(CC(=O)NC(=O)c1ccccc1)C(=O)CCN1C(=O)[C@H](C)[C@@H]2CC[C@@H](C)[C@@H]3CC[C@]4(C)OO[C@]32[C@H]1O4. The van der Waals surface area contributed by atoms with Gasteiger partial charge in [0.25, 0.3) is 5.91 Å². The van der Waals surface area contributed by atoms with E-state index in [0.29, 0.717) is 30.9 Å². The number of hydrogen-bond acceptors (Lipinski definition) is 7. The van der Waals surface area contributed by atoms with E-state index in [1.807, 2.05) is 20.8 Å². The molecular weight excluding hydrogens is 514 g/mol. The first-order valence-corrected chi connectivity index (χ1v) is 14.6. The molecule has 4 amide bonds. The number of nitrogens with zero attached hydrogens (tertiary/aromatic N) is 2. The molecule has 1 saturated carbocycles. The van der Waals surface area contributed by atoms with E-state index in [4.69, 9.17) is 14.5 Å². The zero-order valence-corrected chi connectivity index (χ0v) is 23.9. The maximum atomic E-state index is 13.7. The lowest BCUT2D eigenvalue weighted by molar-refractivity contribution is -0.547. The second-order valence-electron chi connectivity index (χ2n) is 12.1. The summed E-state index contributed by atoms with van der Waals surface area (Å²) in [6, 6.07) is 8.46. The van der Waals surface area contributed by atoms with Gasteiger partial charge in [-0.15, -0.1) is 0 Å². The number of piperidine rings is 1. The maximum absolute atomic E-state index is 13.7. The van der Waals surface area contributed by atoms with Gasteiger partial charge in [0.1, 0.15) is 0 Å². The zero-order valence-electron chi connectivity index (χ0n) is 23.9. The van der Waals surface area contributed by atoms with Gasteiger partial charge in [-0.05, 0) is 56.6 Å². The molecule has 4 heterocycles. The molecule has 0 aromatic heterocycles. The Morgan fingerprint density at radius 3 is 2.55 bits per heavy atom. The van der Waals surface area contributed by atoms with Gasteiger partial charge in [0.15, 0.2) is 11.8 Å². The quantitative estimate of drug-likeness (QED) is 0.490. The summed E-state index contributed by atoms with van der Waals surface area (Å²) in [7, 11) is 0. The van der Waals surface area contributed by atoms with Crippen molar-refractivity contribution in [3.8, 4) is 0 Å². The van der Waals surface area contributed by atoms with Gasteiger partial charge in [-0.25, -0.2) is 9.78 Å². The topological polar surface area (TPSA) is 114 Å². The van der Waals surface area contributed by atoms with Gasteiger partial charge >= 0.3 is 0 Å². The Labute approximate surface area is 235 Å². The minimum Gasteiger partial charge on any atom is -0.333 e. The molecule has 2 bridgehead atoms. The van der Waals surface area contributed by atoms with E-state index in [0.717, 1.165) is 19.3 Å². The molecule has 218 valence electrons. The van der Waals surface area contributed by atoms with Crippen molar-refractivity contribution in [2.24, 2.45) is 23.7 Å². The first kappa shape index (κ1) is 28.7. The monoisotopic (exact) mass is 555 g/mol. The number of imide groups is 1. The fourth-order valence-electron chi connectivity index (χ4n) is 7.32. The van der Waals surface area contributed by atoms with Gasteiger partial charge in [0, 0.05) is 43.3 Å². The first-order valence-electron chi connectivity index (χ1n) is 14.6. The predicted molar refractivity (Wildman–Crippen MR) is 144 cm³/mol. The van der Waals surface area contributed by atoms with Crippen LogP contribution in [0.25, 0.3) is 0 Å². The summed E-state index contributed by atoms with van der Waals surface area (Å²) in [5.74, 6) is -2.08. The van der Waals surface area contributed by atoms with Crippen molar-refractivity contribution in [2.75, 3.05) is 19.6 Å². The first-order chi connectivity index (χ1) is 19.1. The molecule has 1 aromatic carbocycles. The fourth-order valence-corrected chi connectivity index (χ4v) is 7.32. The molecule has 5 aliphatic rings. The van der Waals surface area contributed by atoms with Crippen molar-refractivity contribution >= 4 is 23.6 Å². The Bertz CT molecular complexity index is 1150. The summed E-state index contributed by atoms with van der Waals surface area (Å²) >= 11 is 0. The van der Waals surface area contributed by atoms with Crippen molar-refractivity contribution in [3.05, 3.63) is 35.9 Å². The molecule has 1 spiro atoms. The van der Waals surface area contributed by atoms with Gasteiger partial charge in [0.05, 0.1) is 6.54 Å². The van der Waals surface area contributed by atoms with Gasteiger partial charge in [-0.1, -0.05) is 39.0 Å². The van der Waals surface area contributed by atoms with Gasteiger partial charge in [0.2, 0.25) is 23.5 Å². The number of likely N-dealkylation sites (tertiary alicyclic amines) is 1. The van der Waals surface area contributed by atoms with Crippen LogP contribution in [0, 0.1) is 23.7 Å². The number of carbonyl (C=O) groups excluding carboxylic acids is 4. The van der Waals surface area contributed by atoms with Crippen LogP contribution in [0.15, 0.2) is 30.3 Å². The van der Waals surface area contributed by atoms with E-state index in [1.165, 1.54) is 4.90 Å². The van der Waals surface area contributed by atoms with Gasteiger partial charge in [-0.3, -0.25) is 24.5 Å². The third-order valence-corrected chi connectivity index (χ3v) is 9.39. The molecule has 1 aromatic rings. The van der Waals surface area contributed by atoms with Crippen LogP contribution in [0.3, 0.4) is 0 Å². The molecule has 10 heteroatoms. The van der Waals surface area contributed by atoms with Gasteiger partial charge < -0.3 is 14.5 Å². The summed E-state index contributed by atoms with van der Waals surface area (Å²) in [5.41, 5.74) is -0.405. The Morgan fingerprint density at radius 2 is 1.82 bits per heavy atom. The molecule has 10 nitrogen and oxygen atoms in total. The molecule has 5 fully saturated rings. The largest absolute Gasteiger partial charge is 0.333 e. The Kier molecular flexibility index (Phi) is 8.05. The Balaban J connectivity index is 1.29. The lowest BCUT2D eigenvalue weighted by Crippen LogP contribution is -2.75. The summed E-state index contributed by atoms with van der Waals surface area (Å²) in [5, 5.41) is 2.36. The van der Waals surface area contributed by atoms with E-state index in [9.17, 15) is 19.2 Å². The van der Waals surface area contributed by atoms with Crippen LogP contribution < -0.4 is 5.32 Å². The molecule has 0 unspecified atom stereocenters. The lowest BCUT2D eigenvalue weighted by Gasteiger charge is -2.61. The molecule has 6 rings (SSSR count). The predicted octanol–water partition coefficient (Wildman–Crippen LogP) is 3.27. The van der Waals surface area contributed by atoms with E-state index < -0.39 is 29.4 Å². The van der Waals surface area contributed by atoms with Crippen molar-refractivity contribution in [3.63, 3.8) is 0 Å². The van der Waals surface area contributed by atoms with E-state index >= 15 is 0 Å². The number of fused-ring (bicyclic) bond motifs is 2. The normalized spacial score (nSPS) is 34.5. The number of rotatable bonds is 8. The molecule has 4 saturated heterocycles. The van der Waals surface area contributed by atoms with Crippen LogP contribution in [0.2, 0.25) is 0 Å². The highest BCUT2D eigenvalue weighted by atomic mass is 17.3. The highest BCUT2D eigenvalue weighted by Gasteiger charge is 2.70. The van der Waals surface area contributed by atoms with Crippen LogP contribution in [-0.2, 0) is 28.9 Å². The Morgan fingerprint density at radius 1 is 1.07 bits per heavy atom. The van der Waals surface area contributed by atoms with Crippen LogP contribution in [-0.4, -0.2) is 70.7 Å². The second-order valence-corrected chi connectivity index (χ2v) is 12.1. The summed E-state index contributed by atoms with van der Waals surface area (Å²) in [6.45, 7) is 8.21. The van der Waals surface area contributed by atoms with E-state index in [2.05, 4.69) is 12.2 Å². The molecule has 1 aliphatic carbocycles. The van der Waals surface area contributed by atoms with Crippen LogP contribution >= 0.6 is 0 Å². The molecule has 0 radical (unpaired) electrons. The Hall–Kier alpha value is -2.82. The minimum absolute atomic E-state index is 0.0246. The molecular formula is C30H41N3O7. The standard InChI is InChI=1S/C30H41N3O7/c1-5-16-32(18-24(34)31-26(36)21-9-7-6-8-10-21)25(35)14-17-33-27(37)20(3)23-12-11-19(2)22-13-15-29(4)38-28(33)30(22,23)40-39-29/h6-10,19-20,22-23,28H,5,11-18H2,1-4H3,(H,31,34,36)/t19-,20-,22+,23+,28-,29+,30-/m1/s1. The number of carbonyl (C=O) groups is 4. The van der Waals surface area contributed by atoms with E-state index in [-0.39, 0.29) is 49.1 Å². The smallest absolute Gasteiger partial charge is 0.257 e. The average Bonchev–Trinajstić information content (AvgIpc) is 3.17. The summed E-state index contributed by atoms with van der Waals surface area (Å²) < 4.78 is 6.53. The van der Waals surface area contributed by atoms with Crippen LogP contribution in [0.1, 0.15) is 76.6 Å². The van der Waals surface area contributed by atoms with Crippen molar-refractivity contribution in [1.29, 1.82) is 0 Å². The van der Waals surface area contributed by atoms with E-state index in [1.54, 1.807) is 35.2 Å². The number of amides is 4. The number of hydrogen-bond donors (Lipinski definition) is 1. The third kappa shape index (κ3) is 5.05. The number of benzene rings is 1. The fraction of sp³-hybridized carbons (Fsp3) is 0.667. The average molecular weight is 556 g/mol. The van der Waals surface area contributed by atoms with Crippen molar-refractivity contribution in [2.45, 2.75) is 83.8 Å². The van der Waals surface area contributed by atoms with Gasteiger partial charge in [-0.2, -0.15) is 0 Å². The third-order valence-electron chi connectivity index (χ3n) is 9.39. The maximum Gasteiger partial charge on any atom is 0.257 e. The summed E-state index contributed by atoms with van der Waals surface area (Å²) in [6.07, 6.45) is 3.47. The highest BCUT2D eigenvalue weighted by Crippen LogP contribution is 2.60. The van der Waals surface area contributed by atoms with Crippen LogP contribution in [0.4, 0.5) is 0 Å². The van der Waals surface area contributed by atoms with Crippen molar-refractivity contribution in [1.82, 2.24) is 15.1 Å². The molecule has 4 aliphatic heterocycles.